The third-order valence-electron chi connectivity index (χ3n) is 5.05. The Bertz CT molecular complexity index is 1090. The van der Waals surface area contributed by atoms with Gasteiger partial charge in [0.2, 0.25) is 6.10 Å². The topological polar surface area (TPSA) is 126 Å². The molecule has 32 heavy (non-hydrogen) atoms. The molecule has 2 amide bonds. The van der Waals surface area contributed by atoms with Crippen LogP contribution in [-0.2, 0) is 19.1 Å². The average Bonchev–Trinajstić information content (AvgIpc) is 2.81. The lowest BCUT2D eigenvalue weighted by molar-refractivity contribution is -0.151. The smallest absolute Gasteiger partial charge is 0.352 e. The zero-order chi connectivity index (χ0) is 22.8. The van der Waals surface area contributed by atoms with E-state index in [-0.39, 0.29) is 16.5 Å². The summed E-state index contributed by atoms with van der Waals surface area (Å²) in [5, 5.41) is 11.3. The molecule has 3 heterocycles. The summed E-state index contributed by atoms with van der Waals surface area (Å²) in [5.41, 5.74) is 0.569. The Morgan fingerprint density at radius 3 is 2.50 bits per heavy atom. The molecule has 164 valence electrons. The van der Waals surface area contributed by atoms with E-state index in [0.717, 1.165) is 0 Å². The molecule has 0 radical (unpaired) electrons. The highest BCUT2D eigenvalue weighted by Gasteiger charge is 2.54. The number of carboxylic acids is 1. The number of benzene rings is 1. The van der Waals surface area contributed by atoms with Gasteiger partial charge in [0.25, 0.3) is 11.8 Å². The van der Waals surface area contributed by atoms with Crippen LogP contribution in [0.5, 0.6) is 0 Å². The highest BCUT2D eigenvalue weighted by atomic mass is 32.2. The van der Waals surface area contributed by atoms with E-state index >= 15 is 0 Å². The van der Waals surface area contributed by atoms with Crippen molar-refractivity contribution in [1.29, 1.82) is 0 Å². The summed E-state index contributed by atoms with van der Waals surface area (Å²) in [6.45, 7) is 1.82. The fourth-order valence-electron chi connectivity index (χ4n) is 3.52. The lowest BCUT2D eigenvalue weighted by Crippen LogP contribution is -2.71. The molecular formula is C22H19N3O6S. The van der Waals surface area contributed by atoms with E-state index in [9.17, 15) is 24.3 Å². The van der Waals surface area contributed by atoms with Crippen molar-refractivity contribution in [1.82, 2.24) is 15.2 Å². The van der Waals surface area contributed by atoms with Crippen LogP contribution in [0.1, 0.15) is 28.9 Å². The first-order valence-electron chi connectivity index (χ1n) is 9.77. The minimum Gasteiger partial charge on any atom is -0.477 e. The minimum atomic E-state index is -1.29. The molecule has 2 N–H and O–H groups in total. The third kappa shape index (κ3) is 4.09. The number of carbonyl (C=O) groups excluding carboxylic acids is 3. The number of carboxylic acid groups (broad SMARTS) is 1. The number of carbonyl (C=O) groups is 4. The van der Waals surface area contributed by atoms with E-state index in [2.05, 4.69) is 10.3 Å². The maximum absolute atomic E-state index is 13.1. The quantitative estimate of drug-likeness (QED) is 0.500. The number of pyridine rings is 1. The zero-order valence-corrected chi connectivity index (χ0v) is 17.7. The molecule has 2 aromatic rings. The lowest BCUT2D eigenvalue weighted by Gasteiger charge is -2.49. The van der Waals surface area contributed by atoms with Gasteiger partial charge in [0, 0.05) is 23.2 Å². The van der Waals surface area contributed by atoms with Crippen molar-refractivity contribution in [3.05, 3.63) is 77.8 Å². The van der Waals surface area contributed by atoms with Crippen molar-refractivity contribution in [2.75, 3.05) is 0 Å². The number of ether oxygens (including phenoxy) is 1. The van der Waals surface area contributed by atoms with Gasteiger partial charge in [0.1, 0.15) is 17.1 Å². The van der Waals surface area contributed by atoms with Gasteiger partial charge in [-0.25, -0.2) is 9.59 Å². The first-order valence-corrected chi connectivity index (χ1v) is 10.7. The van der Waals surface area contributed by atoms with Crippen molar-refractivity contribution in [3.8, 4) is 0 Å². The van der Waals surface area contributed by atoms with Crippen LogP contribution in [0, 0.1) is 0 Å². The monoisotopic (exact) mass is 453 g/mol. The number of aliphatic carboxylic acids is 1. The Balaban J connectivity index is 1.54. The van der Waals surface area contributed by atoms with Crippen LogP contribution in [-0.4, -0.2) is 55.4 Å². The lowest BCUT2D eigenvalue weighted by atomic mass is 10.0. The fourth-order valence-corrected chi connectivity index (χ4v) is 4.85. The van der Waals surface area contributed by atoms with Crippen LogP contribution < -0.4 is 5.32 Å². The van der Waals surface area contributed by atoms with E-state index in [1.165, 1.54) is 47.3 Å². The van der Waals surface area contributed by atoms with Crippen molar-refractivity contribution in [3.63, 3.8) is 0 Å². The Morgan fingerprint density at radius 2 is 1.84 bits per heavy atom. The number of nitrogens with one attached hydrogen (secondary N) is 1. The predicted molar refractivity (Wildman–Crippen MR) is 114 cm³/mol. The number of hydrogen-bond acceptors (Lipinski definition) is 7. The molecule has 0 aliphatic carbocycles. The number of aromatic nitrogens is 1. The Morgan fingerprint density at radius 1 is 1.16 bits per heavy atom. The second kappa shape index (κ2) is 8.83. The Hall–Kier alpha value is -3.66. The Labute approximate surface area is 187 Å². The number of hydrogen-bond donors (Lipinski definition) is 2. The molecule has 10 heteroatoms. The molecule has 1 aromatic heterocycles. The molecule has 1 saturated heterocycles. The van der Waals surface area contributed by atoms with Gasteiger partial charge in [-0.05, 0) is 25.1 Å². The molecule has 0 spiro atoms. The summed E-state index contributed by atoms with van der Waals surface area (Å²) in [6.07, 6.45) is 3.08. The predicted octanol–water partition coefficient (Wildman–Crippen LogP) is 1.74. The molecule has 2 aliphatic rings. The summed E-state index contributed by atoms with van der Waals surface area (Å²) in [6, 6.07) is 10.5. The van der Waals surface area contributed by atoms with Gasteiger partial charge in [-0.3, -0.25) is 19.5 Å². The van der Waals surface area contributed by atoms with Crippen LogP contribution in [0.4, 0.5) is 0 Å². The van der Waals surface area contributed by atoms with E-state index in [1.54, 1.807) is 30.3 Å². The molecule has 4 rings (SSSR count). The standard InChI is InChI=1S/C22H19N3O6S/c1-12-11-15(21(28)29)25-19(27)16(20(25)32-12)24-18(26)17(13-5-3-2-4-6-13)31-22(30)14-7-9-23-10-8-14/h2-12,16-17,20H,1H3,(H,24,26)(H,28,29)/t12?,16?,17?,20-/m0/s1. The highest BCUT2D eigenvalue weighted by Crippen LogP contribution is 2.41. The number of esters is 1. The second-order valence-electron chi connectivity index (χ2n) is 7.22. The maximum Gasteiger partial charge on any atom is 0.352 e. The van der Waals surface area contributed by atoms with Gasteiger partial charge >= 0.3 is 11.9 Å². The van der Waals surface area contributed by atoms with Crippen molar-refractivity contribution in [2.24, 2.45) is 0 Å². The molecule has 0 bridgehead atoms. The van der Waals surface area contributed by atoms with Gasteiger partial charge in [0.05, 0.1) is 5.56 Å². The molecule has 4 atom stereocenters. The van der Waals surface area contributed by atoms with Crippen LogP contribution >= 0.6 is 11.8 Å². The van der Waals surface area contributed by atoms with Crippen molar-refractivity contribution >= 4 is 35.5 Å². The fraction of sp³-hybridized carbons (Fsp3) is 0.227. The van der Waals surface area contributed by atoms with Crippen LogP contribution in [0.25, 0.3) is 0 Å². The van der Waals surface area contributed by atoms with Crippen LogP contribution in [0.2, 0.25) is 0 Å². The number of fused-ring (bicyclic) bond motifs is 1. The third-order valence-corrected chi connectivity index (χ3v) is 6.37. The molecular weight excluding hydrogens is 434 g/mol. The van der Waals surface area contributed by atoms with Gasteiger partial charge in [0.15, 0.2) is 0 Å². The van der Waals surface area contributed by atoms with Crippen LogP contribution in [0.3, 0.4) is 0 Å². The minimum absolute atomic E-state index is 0.0968. The molecule has 2 aliphatic heterocycles. The highest BCUT2D eigenvalue weighted by molar-refractivity contribution is 8.00. The number of amides is 2. The molecule has 1 fully saturated rings. The number of nitrogens with zero attached hydrogens (tertiary/aromatic N) is 2. The van der Waals surface area contributed by atoms with Gasteiger partial charge in [-0.1, -0.05) is 30.3 Å². The number of thioether (sulfide) groups is 1. The summed E-state index contributed by atoms with van der Waals surface area (Å²) >= 11 is 1.37. The largest absolute Gasteiger partial charge is 0.477 e. The van der Waals surface area contributed by atoms with Gasteiger partial charge < -0.3 is 15.2 Å². The van der Waals surface area contributed by atoms with Gasteiger partial charge in [-0.2, -0.15) is 0 Å². The maximum atomic E-state index is 13.1. The summed E-state index contributed by atoms with van der Waals surface area (Å²) in [4.78, 5) is 54.8. The molecule has 1 aromatic carbocycles. The van der Waals surface area contributed by atoms with E-state index in [0.29, 0.717) is 5.56 Å². The normalized spacial score (nSPS) is 22.7. The summed E-state index contributed by atoms with van der Waals surface area (Å²) in [7, 11) is 0. The van der Waals surface area contributed by atoms with Crippen molar-refractivity contribution in [2.45, 2.75) is 29.7 Å². The average molecular weight is 453 g/mol. The molecule has 0 saturated carbocycles. The molecule has 9 nitrogen and oxygen atoms in total. The first kappa shape index (κ1) is 21.6. The van der Waals surface area contributed by atoms with Gasteiger partial charge in [-0.15, -0.1) is 11.8 Å². The Kier molecular flexibility index (Phi) is 5.95. The van der Waals surface area contributed by atoms with E-state index in [4.69, 9.17) is 4.74 Å². The SMILES string of the molecule is CC1C=C(C(=O)O)N2C(=O)C(NC(=O)C(OC(=O)c3ccncc3)c3ccccc3)[C@@H]2S1. The van der Waals surface area contributed by atoms with E-state index < -0.39 is 41.3 Å². The number of rotatable bonds is 6. The second-order valence-corrected chi connectivity index (χ2v) is 8.71. The van der Waals surface area contributed by atoms with E-state index in [1.807, 2.05) is 6.92 Å². The number of β-lactam (4-membered cyclic amide) rings is 1. The summed E-state index contributed by atoms with van der Waals surface area (Å²) in [5.74, 6) is -3.11. The van der Waals surface area contributed by atoms with Crippen molar-refractivity contribution < 1.29 is 29.0 Å². The molecule has 3 unspecified atom stereocenters. The summed E-state index contributed by atoms with van der Waals surface area (Å²) < 4.78 is 5.49. The zero-order valence-electron chi connectivity index (χ0n) is 16.9. The first-order chi connectivity index (χ1) is 15.4. The van der Waals surface area contributed by atoms with Crippen LogP contribution in [0.15, 0.2) is 66.6 Å².